The van der Waals surface area contributed by atoms with Gasteiger partial charge in [-0.25, -0.2) is 0 Å². The molecule has 0 radical (unpaired) electrons. The number of ether oxygens (including phenoxy) is 1. The lowest BCUT2D eigenvalue weighted by Crippen LogP contribution is -2.57. The zero-order valence-electron chi connectivity index (χ0n) is 12.7. The predicted octanol–water partition coefficient (Wildman–Crippen LogP) is 2.20. The van der Waals surface area contributed by atoms with E-state index in [1.807, 2.05) is 6.07 Å². The van der Waals surface area contributed by atoms with Crippen molar-refractivity contribution in [3.63, 3.8) is 0 Å². The van der Waals surface area contributed by atoms with Crippen molar-refractivity contribution in [2.75, 3.05) is 6.61 Å². The van der Waals surface area contributed by atoms with Crippen molar-refractivity contribution < 1.29 is 14.6 Å². The number of allylic oxidation sites excluding steroid dienone is 1. The zero-order valence-corrected chi connectivity index (χ0v) is 14.2. The Morgan fingerprint density at radius 1 is 1.57 bits per heavy atom. The van der Waals surface area contributed by atoms with Crippen LogP contribution in [0.15, 0.2) is 34.9 Å². The Balaban J connectivity index is 2.67. The average molecular weight is 352 g/mol. The molecule has 0 fully saturated rings. The number of carbonyl (C=O) groups excluding carboxylic acids is 1. The summed E-state index contributed by atoms with van der Waals surface area (Å²) >= 11 is 11.4. The summed E-state index contributed by atoms with van der Waals surface area (Å²) in [6.07, 6.45) is 0. The van der Waals surface area contributed by atoms with Gasteiger partial charge in [-0.15, -0.1) is 0 Å². The third kappa shape index (κ3) is 3.27. The number of hydrogen-bond donors (Lipinski definition) is 2. The highest BCUT2D eigenvalue weighted by Crippen LogP contribution is 2.44. The van der Waals surface area contributed by atoms with E-state index in [9.17, 15) is 15.2 Å². The first kappa shape index (κ1) is 17.5. The van der Waals surface area contributed by atoms with E-state index < -0.39 is 23.5 Å². The Hall–Kier alpha value is -1.81. The summed E-state index contributed by atoms with van der Waals surface area (Å²) in [5.74, 6) is -2.45. The van der Waals surface area contributed by atoms with E-state index in [0.29, 0.717) is 10.6 Å². The molecule has 0 saturated heterocycles. The van der Waals surface area contributed by atoms with Crippen molar-refractivity contribution in [1.29, 1.82) is 5.26 Å². The number of aliphatic hydroxyl groups is 1. The van der Waals surface area contributed by atoms with Crippen molar-refractivity contribution in [1.82, 2.24) is 5.32 Å². The molecule has 0 spiro atoms. The summed E-state index contributed by atoms with van der Waals surface area (Å²) in [7, 11) is 0. The molecule has 1 aliphatic rings. The van der Waals surface area contributed by atoms with Gasteiger partial charge in [0.1, 0.15) is 11.6 Å². The summed E-state index contributed by atoms with van der Waals surface area (Å²) < 4.78 is 5.09. The molecule has 1 aromatic rings. The monoisotopic (exact) mass is 351 g/mol. The van der Waals surface area contributed by atoms with E-state index >= 15 is 0 Å². The maximum Gasteiger partial charge on any atom is 0.314 e. The molecule has 2 N–H and O–H groups in total. The van der Waals surface area contributed by atoms with Crippen LogP contribution in [0.2, 0.25) is 5.02 Å². The second kappa shape index (κ2) is 6.75. The highest BCUT2D eigenvalue weighted by molar-refractivity contribution is 7.63. The lowest BCUT2D eigenvalue weighted by Gasteiger charge is -2.45. The Labute approximate surface area is 145 Å². The maximum atomic E-state index is 12.4. The third-order valence-corrected chi connectivity index (χ3v) is 4.43. The molecule has 0 saturated carbocycles. The minimum absolute atomic E-state index is 0.1000. The lowest BCUT2D eigenvalue weighted by molar-refractivity contribution is -0.161. The Morgan fingerprint density at radius 3 is 2.78 bits per heavy atom. The zero-order chi connectivity index (χ0) is 17.2. The van der Waals surface area contributed by atoms with Crippen LogP contribution in [-0.2, 0) is 22.2 Å². The van der Waals surface area contributed by atoms with E-state index in [1.165, 1.54) is 6.92 Å². The van der Waals surface area contributed by atoms with Crippen molar-refractivity contribution in [2.24, 2.45) is 5.92 Å². The molecular formula is C16H16ClN2O3S-. The van der Waals surface area contributed by atoms with Crippen LogP contribution in [-0.4, -0.2) is 23.4 Å². The molecule has 1 heterocycles. The van der Waals surface area contributed by atoms with E-state index in [2.05, 4.69) is 5.32 Å². The Kier molecular flexibility index (Phi) is 5.15. The van der Waals surface area contributed by atoms with Crippen LogP contribution >= 0.6 is 11.6 Å². The standard InChI is InChI=1S/C16H17ClN2O3S/c1-3-22-15(20)13-12(9-6-4-5-7-11(9)17)10(8-18)14(23)19-16(13,2)21/h4-7,12-13,19,21,23H,3H2,1-2H3/p-1/t12-,13-,16?/m0/s1. The molecule has 0 aromatic heterocycles. The van der Waals surface area contributed by atoms with Gasteiger partial charge in [-0.05, 0) is 25.5 Å². The molecule has 5 nitrogen and oxygen atoms in total. The summed E-state index contributed by atoms with van der Waals surface area (Å²) in [5.41, 5.74) is -0.932. The molecule has 23 heavy (non-hydrogen) atoms. The second-order valence-corrected chi connectivity index (χ2v) is 6.17. The van der Waals surface area contributed by atoms with E-state index in [0.717, 1.165) is 0 Å². The first-order valence-corrected chi connectivity index (χ1v) is 7.85. The van der Waals surface area contributed by atoms with Gasteiger partial charge in [0.15, 0.2) is 0 Å². The molecule has 0 amide bonds. The second-order valence-electron chi connectivity index (χ2n) is 5.36. The van der Waals surface area contributed by atoms with Gasteiger partial charge in [-0.2, -0.15) is 5.26 Å². The lowest BCUT2D eigenvalue weighted by atomic mass is 9.73. The van der Waals surface area contributed by atoms with Crippen molar-refractivity contribution >= 4 is 30.2 Å². The first-order valence-electron chi connectivity index (χ1n) is 7.06. The number of hydrogen-bond acceptors (Lipinski definition) is 6. The topological polar surface area (TPSA) is 82.4 Å². The van der Waals surface area contributed by atoms with Gasteiger partial charge in [0, 0.05) is 16.5 Å². The molecule has 7 heteroatoms. The van der Waals surface area contributed by atoms with Gasteiger partial charge in [-0.1, -0.05) is 34.8 Å². The van der Waals surface area contributed by atoms with Crippen LogP contribution in [0.1, 0.15) is 25.3 Å². The number of benzene rings is 1. The number of halogens is 1. The third-order valence-electron chi connectivity index (χ3n) is 3.76. The van der Waals surface area contributed by atoms with Crippen LogP contribution in [0.5, 0.6) is 0 Å². The van der Waals surface area contributed by atoms with Crippen LogP contribution < -0.4 is 5.32 Å². The summed E-state index contributed by atoms with van der Waals surface area (Å²) in [6, 6.07) is 8.89. The van der Waals surface area contributed by atoms with Crippen LogP contribution in [0.3, 0.4) is 0 Å². The molecule has 1 unspecified atom stereocenters. The number of nitrogens with one attached hydrogen (secondary N) is 1. The number of nitrogens with zero attached hydrogens (tertiary/aromatic N) is 1. The average Bonchev–Trinajstić information content (AvgIpc) is 2.46. The minimum atomic E-state index is -1.66. The summed E-state index contributed by atoms with van der Waals surface area (Å²) in [6.45, 7) is 3.26. The first-order chi connectivity index (χ1) is 10.8. The van der Waals surface area contributed by atoms with Gasteiger partial charge in [0.25, 0.3) is 0 Å². The quantitative estimate of drug-likeness (QED) is 0.641. The van der Waals surface area contributed by atoms with E-state index in [-0.39, 0.29) is 17.2 Å². The molecule has 0 aliphatic carbocycles. The van der Waals surface area contributed by atoms with Gasteiger partial charge >= 0.3 is 5.97 Å². The number of esters is 1. The largest absolute Gasteiger partial charge is 0.762 e. The highest BCUT2D eigenvalue weighted by Gasteiger charge is 2.49. The molecule has 2 rings (SSSR count). The highest BCUT2D eigenvalue weighted by atomic mass is 35.5. The Bertz CT molecular complexity index is 697. The van der Waals surface area contributed by atoms with E-state index in [4.69, 9.17) is 29.0 Å². The molecular weight excluding hydrogens is 336 g/mol. The molecule has 1 aliphatic heterocycles. The summed E-state index contributed by atoms with van der Waals surface area (Å²) in [4.78, 5) is 12.4. The maximum absolute atomic E-state index is 12.4. The number of nitriles is 1. The Morgan fingerprint density at radius 2 is 2.22 bits per heavy atom. The minimum Gasteiger partial charge on any atom is -0.762 e. The van der Waals surface area contributed by atoms with Crippen LogP contribution in [0.25, 0.3) is 0 Å². The molecule has 122 valence electrons. The van der Waals surface area contributed by atoms with Crippen LogP contribution in [0, 0.1) is 17.2 Å². The van der Waals surface area contributed by atoms with Gasteiger partial charge in [0.05, 0.1) is 12.7 Å². The SMILES string of the molecule is CCOC(=O)[C@@H]1[C@@H](c2ccccc2Cl)C(C#N)=C([S-])NC1(C)O. The van der Waals surface area contributed by atoms with Gasteiger partial charge in [-0.3, -0.25) is 4.79 Å². The van der Waals surface area contributed by atoms with Crippen LogP contribution in [0.4, 0.5) is 0 Å². The fourth-order valence-electron chi connectivity index (χ4n) is 2.79. The summed E-state index contributed by atoms with van der Waals surface area (Å²) in [5, 5.41) is 23.3. The van der Waals surface area contributed by atoms with Crippen molar-refractivity contribution in [3.05, 3.63) is 45.5 Å². The fraction of sp³-hybridized carbons (Fsp3) is 0.375. The van der Waals surface area contributed by atoms with Crippen molar-refractivity contribution in [2.45, 2.75) is 25.5 Å². The van der Waals surface area contributed by atoms with Gasteiger partial charge in [0.2, 0.25) is 0 Å². The normalized spacial score (nSPS) is 27.1. The smallest absolute Gasteiger partial charge is 0.314 e. The molecule has 0 bridgehead atoms. The number of carbonyl (C=O) groups is 1. The number of rotatable bonds is 3. The van der Waals surface area contributed by atoms with Gasteiger partial charge < -0.3 is 27.8 Å². The van der Waals surface area contributed by atoms with Crippen molar-refractivity contribution in [3.8, 4) is 6.07 Å². The molecule has 1 aromatic carbocycles. The molecule has 3 atom stereocenters. The predicted molar refractivity (Wildman–Crippen MR) is 88.1 cm³/mol. The fourth-order valence-corrected chi connectivity index (χ4v) is 3.42. The van der Waals surface area contributed by atoms with E-state index in [1.54, 1.807) is 31.2 Å².